The highest BCUT2D eigenvalue weighted by atomic mass is 35.5. The normalized spacial score (nSPS) is 11.2. The van der Waals surface area contributed by atoms with Gasteiger partial charge in [0.2, 0.25) is 5.91 Å². The quantitative estimate of drug-likeness (QED) is 0.300. The molecule has 1 amide bonds. The fraction of sp³-hybridized carbons (Fsp3) is 0.350. The molecule has 2 rings (SSSR count). The van der Waals surface area contributed by atoms with Gasteiger partial charge in [0.25, 0.3) is 10.0 Å². The molecule has 0 fully saturated rings. The number of hydroxylamine groups is 1. The standard InChI is InChI=1S/C20H24ClFN2O5S/c1-29-16-9-7-15(8-10-16)24(13-5-3-2-4-6-20(25)23-26)30(27,28)17-11-12-19(22)18(21)14-17/h7-12,14,26H,2-6,13H2,1H3,(H,23,25). The van der Waals surface area contributed by atoms with Crippen molar-refractivity contribution in [1.29, 1.82) is 0 Å². The lowest BCUT2D eigenvalue weighted by atomic mass is 10.1. The molecule has 0 aromatic heterocycles. The molecule has 0 bridgehead atoms. The van der Waals surface area contributed by atoms with E-state index in [9.17, 15) is 17.6 Å². The van der Waals surface area contributed by atoms with Crippen LogP contribution < -0.4 is 14.5 Å². The van der Waals surface area contributed by atoms with Crippen LogP contribution in [0.4, 0.5) is 10.1 Å². The zero-order valence-corrected chi connectivity index (χ0v) is 18.0. The van der Waals surface area contributed by atoms with E-state index in [1.165, 1.54) is 17.5 Å². The molecule has 0 radical (unpaired) electrons. The molecule has 2 aromatic rings. The highest BCUT2D eigenvalue weighted by molar-refractivity contribution is 7.92. The first-order chi connectivity index (χ1) is 14.3. The summed E-state index contributed by atoms with van der Waals surface area (Å²) in [5, 5.41) is 8.22. The van der Waals surface area contributed by atoms with Crippen molar-refractivity contribution >= 4 is 33.2 Å². The lowest BCUT2D eigenvalue weighted by Gasteiger charge is -2.25. The van der Waals surface area contributed by atoms with Gasteiger partial charge in [-0.1, -0.05) is 24.4 Å². The summed E-state index contributed by atoms with van der Waals surface area (Å²) in [6, 6.07) is 9.87. The number of sulfonamides is 1. The summed E-state index contributed by atoms with van der Waals surface area (Å²) < 4.78 is 46.3. The topological polar surface area (TPSA) is 95.9 Å². The molecule has 0 heterocycles. The number of benzene rings is 2. The molecule has 2 N–H and O–H groups in total. The third-order valence-electron chi connectivity index (χ3n) is 4.48. The van der Waals surface area contributed by atoms with E-state index in [-0.39, 0.29) is 22.9 Å². The lowest BCUT2D eigenvalue weighted by Crippen LogP contribution is -2.32. The summed E-state index contributed by atoms with van der Waals surface area (Å²) in [6.07, 6.45) is 2.71. The first-order valence-corrected chi connectivity index (χ1v) is 11.2. The Morgan fingerprint density at radius 2 is 1.80 bits per heavy atom. The Balaban J connectivity index is 2.18. The van der Waals surface area contributed by atoms with E-state index in [0.717, 1.165) is 12.1 Å². The fourth-order valence-corrected chi connectivity index (χ4v) is 4.63. The van der Waals surface area contributed by atoms with Crippen LogP contribution in [-0.2, 0) is 14.8 Å². The molecule has 0 aliphatic heterocycles. The van der Waals surface area contributed by atoms with Gasteiger partial charge < -0.3 is 4.74 Å². The van der Waals surface area contributed by atoms with Crippen LogP contribution in [0, 0.1) is 5.82 Å². The van der Waals surface area contributed by atoms with E-state index in [0.29, 0.717) is 37.1 Å². The maximum Gasteiger partial charge on any atom is 0.264 e. The van der Waals surface area contributed by atoms with Gasteiger partial charge in [0.05, 0.1) is 22.7 Å². The summed E-state index contributed by atoms with van der Waals surface area (Å²) in [5.41, 5.74) is 2.02. The van der Waals surface area contributed by atoms with Crippen molar-refractivity contribution in [3.05, 3.63) is 53.3 Å². The number of unbranched alkanes of at least 4 members (excludes halogenated alkanes) is 3. The van der Waals surface area contributed by atoms with E-state index in [1.54, 1.807) is 29.7 Å². The maximum absolute atomic E-state index is 13.5. The SMILES string of the molecule is COc1ccc(N(CCCCCCC(=O)NO)S(=O)(=O)c2ccc(F)c(Cl)c2)cc1. The van der Waals surface area contributed by atoms with Crippen molar-refractivity contribution in [3.63, 3.8) is 0 Å². The number of hydrogen-bond acceptors (Lipinski definition) is 5. The molecule has 0 spiro atoms. The van der Waals surface area contributed by atoms with Crippen molar-refractivity contribution in [3.8, 4) is 5.75 Å². The molecule has 2 aromatic carbocycles. The van der Waals surface area contributed by atoms with Crippen molar-refractivity contribution in [2.24, 2.45) is 0 Å². The number of nitrogens with one attached hydrogen (secondary N) is 1. The molecule has 164 valence electrons. The van der Waals surface area contributed by atoms with Gasteiger partial charge in [0.1, 0.15) is 11.6 Å². The summed E-state index contributed by atoms with van der Waals surface area (Å²) in [7, 11) is -2.46. The molecule has 7 nitrogen and oxygen atoms in total. The Morgan fingerprint density at radius 3 is 2.40 bits per heavy atom. The summed E-state index contributed by atoms with van der Waals surface area (Å²) in [4.78, 5) is 10.9. The molecule has 0 saturated heterocycles. The number of ether oxygens (including phenoxy) is 1. The van der Waals surface area contributed by atoms with Crippen LogP contribution in [-0.4, -0.2) is 33.2 Å². The maximum atomic E-state index is 13.5. The molecule has 30 heavy (non-hydrogen) atoms. The van der Waals surface area contributed by atoms with E-state index >= 15 is 0 Å². The van der Waals surface area contributed by atoms with Crippen LogP contribution in [0.15, 0.2) is 47.4 Å². The molecule has 0 unspecified atom stereocenters. The van der Waals surface area contributed by atoms with Gasteiger partial charge in [-0.25, -0.2) is 18.3 Å². The number of carbonyl (C=O) groups is 1. The number of anilines is 1. The Kier molecular flexibility index (Phi) is 8.88. The minimum atomic E-state index is -3.98. The molecule has 0 atom stereocenters. The smallest absolute Gasteiger partial charge is 0.264 e. The summed E-state index contributed by atoms with van der Waals surface area (Å²) in [5.74, 6) is -0.563. The van der Waals surface area contributed by atoms with E-state index in [1.807, 2.05) is 0 Å². The lowest BCUT2D eigenvalue weighted by molar-refractivity contribution is -0.129. The number of hydrogen-bond donors (Lipinski definition) is 2. The number of methoxy groups -OCH3 is 1. The minimum Gasteiger partial charge on any atom is -0.497 e. The second kappa shape index (κ2) is 11.1. The molecule has 10 heteroatoms. The molecule has 0 aliphatic carbocycles. The zero-order valence-electron chi connectivity index (χ0n) is 16.5. The van der Waals surface area contributed by atoms with Gasteiger partial charge >= 0.3 is 0 Å². The van der Waals surface area contributed by atoms with E-state index in [4.69, 9.17) is 21.5 Å². The number of amides is 1. The predicted molar refractivity (Wildman–Crippen MR) is 112 cm³/mol. The third kappa shape index (κ3) is 6.32. The van der Waals surface area contributed by atoms with Gasteiger partial charge in [0.15, 0.2) is 0 Å². The number of rotatable bonds is 11. The Labute approximate surface area is 180 Å². The molecular formula is C20H24ClFN2O5S. The van der Waals surface area contributed by atoms with Crippen LogP contribution in [0.5, 0.6) is 5.75 Å². The zero-order chi connectivity index (χ0) is 22.1. The molecule has 0 saturated carbocycles. The van der Waals surface area contributed by atoms with Crippen LogP contribution in [0.25, 0.3) is 0 Å². The second-order valence-corrected chi connectivity index (χ2v) is 8.82. The van der Waals surface area contributed by atoms with Crippen LogP contribution >= 0.6 is 11.6 Å². The van der Waals surface area contributed by atoms with Crippen molar-refractivity contribution in [2.75, 3.05) is 18.0 Å². The Hall–Kier alpha value is -2.36. The van der Waals surface area contributed by atoms with Gasteiger partial charge in [-0.05, 0) is 55.3 Å². The highest BCUT2D eigenvalue weighted by Crippen LogP contribution is 2.28. The van der Waals surface area contributed by atoms with E-state index in [2.05, 4.69) is 0 Å². The van der Waals surface area contributed by atoms with Gasteiger partial charge in [-0.3, -0.25) is 14.3 Å². The van der Waals surface area contributed by atoms with Gasteiger partial charge in [-0.2, -0.15) is 0 Å². The second-order valence-electron chi connectivity index (χ2n) is 6.55. The van der Waals surface area contributed by atoms with Gasteiger partial charge in [0, 0.05) is 13.0 Å². The van der Waals surface area contributed by atoms with Crippen LogP contribution in [0.2, 0.25) is 5.02 Å². The number of nitrogens with zero attached hydrogens (tertiary/aromatic N) is 1. The summed E-state index contributed by atoms with van der Waals surface area (Å²) >= 11 is 5.78. The monoisotopic (exact) mass is 458 g/mol. The number of halogens is 2. The Bertz CT molecular complexity index is 954. The molecule has 0 aliphatic rings. The fourth-order valence-electron chi connectivity index (χ4n) is 2.85. The Morgan fingerprint density at radius 1 is 1.13 bits per heavy atom. The van der Waals surface area contributed by atoms with E-state index < -0.39 is 21.7 Å². The third-order valence-corrected chi connectivity index (χ3v) is 6.59. The van der Waals surface area contributed by atoms with Gasteiger partial charge in [-0.15, -0.1) is 0 Å². The van der Waals surface area contributed by atoms with Crippen LogP contribution in [0.1, 0.15) is 32.1 Å². The van der Waals surface area contributed by atoms with Crippen molar-refractivity contribution in [1.82, 2.24) is 5.48 Å². The van der Waals surface area contributed by atoms with Crippen LogP contribution in [0.3, 0.4) is 0 Å². The molecular weight excluding hydrogens is 435 g/mol. The van der Waals surface area contributed by atoms with Crippen molar-refractivity contribution < 1.29 is 27.5 Å². The number of carbonyl (C=O) groups excluding carboxylic acids is 1. The average Bonchev–Trinajstić information content (AvgIpc) is 2.74. The largest absolute Gasteiger partial charge is 0.497 e. The summed E-state index contributed by atoms with van der Waals surface area (Å²) in [6.45, 7) is 0.190. The predicted octanol–water partition coefficient (Wildman–Crippen LogP) is 4.14. The average molecular weight is 459 g/mol. The first kappa shape index (κ1) is 23.9. The minimum absolute atomic E-state index is 0.107. The first-order valence-electron chi connectivity index (χ1n) is 9.34. The highest BCUT2D eigenvalue weighted by Gasteiger charge is 2.25. The van der Waals surface area contributed by atoms with Crippen molar-refractivity contribution in [2.45, 2.75) is 37.0 Å².